The molecule has 2 aromatic carbocycles. The lowest BCUT2D eigenvalue weighted by atomic mass is 10.0. The Morgan fingerprint density at radius 2 is 1.88 bits per heavy atom. The van der Waals surface area contributed by atoms with Gasteiger partial charge in [-0.3, -0.25) is 4.79 Å². The molecule has 180 valence electrons. The first kappa shape index (κ1) is 24.5. The van der Waals surface area contributed by atoms with Gasteiger partial charge in [0.15, 0.2) is 0 Å². The van der Waals surface area contributed by atoms with E-state index >= 15 is 0 Å². The van der Waals surface area contributed by atoms with Gasteiger partial charge in [-0.1, -0.05) is 0 Å². The number of nitrogens with one attached hydrogen (secondary N) is 1. The number of ether oxygens (including phenoxy) is 2. The van der Waals surface area contributed by atoms with Crippen molar-refractivity contribution in [3.63, 3.8) is 0 Å². The number of hydrogen-bond donors (Lipinski definition) is 2. The fourth-order valence-corrected chi connectivity index (χ4v) is 3.65. The number of methoxy groups -OCH3 is 2. The van der Waals surface area contributed by atoms with E-state index in [1.807, 2.05) is 0 Å². The molecule has 0 saturated carbocycles. The second-order valence-electron chi connectivity index (χ2n) is 7.39. The number of carbonyl (C=O) groups excluding carboxylic acids is 2. The van der Waals surface area contributed by atoms with Gasteiger partial charge in [-0.2, -0.15) is 18.4 Å². The van der Waals surface area contributed by atoms with E-state index in [0.29, 0.717) is 17.2 Å². The molecule has 1 fully saturated rings. The summed E-state index contributed by atoms with van der Waals surface area (Å²) in [6.07, 6.45) is -4.72. The second kappa shape index (κ2) is 9.78. The van der Waals surface area contributed by atoms with Gasteiger partial charge in [0.25, 0.3) is 0 Å². The lowest BCUT2D eigenvalue weighted by Gasteiger charge is -2.41. The lowest BCUT2D eigenvalue weighted by molar-refractivity contribution is -0.137. The molecule has 9 nitrogen and oxygen atoms in total. The van der Waals surface area contributed by atoms with Gasteiger partial charge in [0.05, 0.1) is 37.1 Å². The van der Waals surface area contributed by atoms with Crippen molar-refractivity contribution in [1.82, 2.24) is 4.90 Å². The lowest BCUT2D eigenvalue weighted by Crippen LogP contribution is -2.60. The van der Waals surface area contributed by atoms with Gasteiger partial charge in [-0.05, 0) is 30.3 Å². The van der Waals surface area contributed by atoms with Crippen molar-refractivity contribution in [3.05, 3.63) is 47.5 Å². The molecule has 3 N–H and O–H groups in total. The summed E-state index contributed by atoms with van der Waals surface area (Å²) in [5.41, 5.74) is 4.43. The number of hydrogen-bond acceptors (Lipinski definition) is 6. The van der Waals surface area contributed by atoms with Crippen molar-refractivity contribution >= 4 is 23.3 Å². The molecule has 2 aromatic rings. The molecule has 0 aromatic heterocycles. The molecule has 1 saturated heterocycles. The number of nitrogens with two attached hydrogens (primary N) is 1. The third-order valence-corrected chi connectivity index (χ3v) is 5.41. The largest absolute Gasteiger partial charge is 0.497 e. The Labute approximate surface area is 193 Å². The molecule has 0 spiro atoms. The third kappa shape index (κ3) is 5.09. The predicted molar refractivity (Wildman–Crippen MR) is 117 cm³/mol. The molecule has 1 unspecified atom stereocenters. The molecule has 12 heteroatoms. The standard InChI is InChI=1S/C22H22F3N5O4/c1-33-15-5-6-17(19(10-15)34-2)28-21(32)30-8-7-29(12-18(30)20(27)31)14-4-3-13(11-26)16(9-14)22(23,24)25/h3-6,9-10,18H,7-8,12H2,1-2H3,(H2,27,31)(H,28,32). The van der Waals surface area contributed by atoms with Crippen LogP contribution in [0, 0.1) is 11.3 Å². The van der Waals surface area contributed by atoms with Crippen molar-refractivity contribution < 1.29 is 32.2 Å². The van der Waals surface area contributed by atoms with Gasteiger partial charge in [0, 0.05) is 31.4 Å². The van der Waals surface area contributed by atoms with Crippen LogP contribution in [-0.2, 0) is 11.0 Å². The topological polar surface area (TPSA) is 121 Å². The van der Waals surface area contributed by atoms with E-state index in [0.717, 1.165) is 12.1 Å². The number of amides is 3. The minimum Gasteiger partial charge on any atom is -0.497 e. The molecule has 1 aliphatic rings. The minimum atomic E-state index is -4.72. The van der Waals surface area contributed by atoms with Crippen LogP contribution in [0.1, 0.15) is 11.1 Å². The number of nitriles is 1. The number of nitrogens with zero attached hydrogens (tertiary/aromatic N) is 3. The number of rotatable bonds is 5. The van der Waals surface area contributed by atoms with E-state index < -0.39 is 35.3 Å². The van der Waals surface area contributed by atoms with E-state index in [-0.39, 0.29) is 25.3 Å². The van der Waals surface area contributed by atoms with E-state index in [4.69, 9.17) is 20.5 Å². The van der Waals surface area contributed by atoms with Gasteiger partial charge < -0.3 is 30.3 Å². The summed E-state index contributed by atoms with van der Waals surface area (Å²) in [7, 11) is 2.90. The highest BCUT2D eigenvalue weighted by molar-refractivity contribution is 5.95. The van der Waals surface area contributed by atoms with Gasteiger partial charge >= 0.3 is 12.2 Å². The van der Waals surface area contributed by atoms with Crippen molar-refractivity contribution in [2.75, 3.05) is 44.1 Å². The molecular weight excluding hydrogens is 455 g/mol. The first-order valence-electron chi connectivity index (χ1n) is 10.0. The number of alkyl halides is 3. The molecular formula is C22H22F3N5O4. The Balaban J connectivity index is 1.82. The van der Waals surface area contributed by atoms with Crippen LogP contribution in [0.15, 0.2) is 36.4 Å². The van der Waals surface area contributed by atoms with Crippen LogP contribution in [0.2, 0.25) is 0 Å². The van der Waals surface area contributed by atoms with Gasteiger partial charge in [0.1, 0.15) is 17.5 Å². The van der Waals surface area contributed by atoms with Crippen LogP contribution in [0.5, 0.6) is 11.5 Å². The zero-order valence-electron chi connectivity index (χ0n) is 18.3. The predicted octanol–water partition coefficient (Wildman–Crippen LogP) is 2.80. The zero-order valence-corrected chi connectivity index (χ0v) is 18.3. The fourth-order valence-electron chi connectivity index (χ4n) is 3.65. The molecule has 0 aliphatic carbocycles. The highest BCUT2D eigenvalue weighted by Crippen LogP contribution is 2.35. The summed E-state index contributed by atoms with van der Waals surface area (Å²) in [6.45, 7) is 0.0328. The van der Waals surface area contributed by atoms with E-state index in [9.17, 15) is 22.8 Å². The molecule has 1 atom stereocenters. The summed E-state index contributed by atoms with van der Waals surface area (Å²) >= 11 is 0. The average molecular weight is 477 g/mol. The summed E-state index contributed by atoms with van der Waals surface area (Å²) < 4.78 is 50.4. The molecule has 0 radical (unpaired) electrons. The Kier molecular flexibility index (Phi) is 7.05. The first-order chi connectivity index (χ1) is 16.1. The first-order valence-corrected chi connectivity index (χ1v) is 10.0. The zero-order chi connectivity index (χ0) is 25.0. The SMILES string of the molecule is COc1ccc(NC(=O)N2CCN(c3ccc(C#N)c(C(F)(F)F)c3)CC2C(N)=O)c(OC)c1. The van der Waals surface area contributed by atoms with Crippen LogP contribution < -0.4 is 25.4 Å². The third-order valence-electron chi connectivity index (χ3n) is 5.41. The molecule has 3 amide bonds. The van der Waals surface area contributed by atoms with Crippen LogP contribution in [0.25, 0.3) is 0 Å². The smallest absolute Gasteiger partial charge is 0.417 e. The van der Waals surface area contributed by atoms with Gasteiger partial charge in [0.2, 0.25) is 5.91 Å². The van der Waals surface area contributed by atoms with Gasteiger partial charge in [-0.25, -0.2) is 4.79 Å². The van der Waals surface area contributed by atoms with E-state index in [1.165, 1.54) is 36.2 Å². The number of halogens is 3. The molecule has 1 heterocycles. The van der Waals surface area contributed by atoms with Gasteiger partial charge in [-0.15, -0.1) is 0 Å². The molecule has 34 heavy (non-hydrogen) atoms. The number of piperazine rings is 1. The Hall–Kier alpha value is -4.14. The summed E-state index contributed by atoms with van der Waals surface area (Å²) in [4.78, 5) is 27.8. The van der Waals surface area contributed by atoms with Crippen LogP contribution in [0.4, 0.5) is 29.3 Å². The van der Waals surface area contributed by atoms with E-state index in [1.54, 1.807) is 18.2 Å². The number of primary amides is 1. The van der Waals surface area contributed by atoms with Crippen molar-refractivity contribution in [2.45, 2.75) is 12.2 Å². The Bertz CT molecular complexity index is 1130. The number of carbonyl (C=O) groups is 2. The maximum absolute atomic E-state index is 13.3. The quantitative estimate of drug-likeness (QED) is 0.683. The highest BCUT2D eigenvalue weighted by Gasteiger charge is 2.37. The monoisotopic (exact) mass is 477 g/mol. The van der Waals surface area contributed by atoms with E-state index in [2.05, 4.69) is 5.32 Å². The number of benzene rings is 2. The summed E-state index contributed by atoms with van der Waals surface area (Å²) in [5.74, 6) is 0.0320. The number of urea groups is 1. The summed E-state index contributed by atoms with van der Waals surface area (Å²) in [6, 6.07) is 7.85. The van der Waals surface area contributed by atoms with Crippen molar-refractivity contribution in [3.8, 4) is 17.6 Å². The maximum Gasteiger partial charge on any atom is 0.417 e. The Morgan fingerprint density at radius 1 is 1.15 bits per heavy atom. The Morgan fingerprint density at radius 3 is 2.47 bits per heavy atom. The van der Waals surface area contributed by atoms with Crippen molar-refractivity contribution in [1.29, 1.82) is 5.26 Å². The molecule has 0 bridgehead atoms. The van der Waals surface area contributed by atoms with Crippen LogP contribution in [0.3, 0.4) is 0 Å². The minimum absolute atomic E-state index is 0.0132. The normalized spacial score (nSPS) is 15.9. The van der Waals surface area contributed by atoms with Crippen LogP contribution in [-0.4, -0.2) is 56.7 Å². The molecule has 1 aliphatic heterocycles. The summed E-state index contributed by atoms with van der Waals surface area (Å²) in [5, 5.41) is 11.7. The maximum atomic E-state index is 13.3. The fraction of sp³-hybridized carbons (Fsp3) is 0.318. The average Bonchev–Trinajstić information content (AvgIpc) is 2.82. The van der Waals surface area contributed by atoms with Crippen molar-refractivity contribution in [2.24, 2.45) is 5.73 Å². The number of anilines is 2. The van der Waals surface area contributed by atoms with Crippen LogP contribution >= 0.6 is 0 Å². The highest BCUT2D eigenvalue weighted by atomic mass is 19.4. The molecule has 3 rings (SSSR count). The second-order valence-corrected chi connectivity index (χ2v) is 7.39.